The lowest BCUT2D eigenvalue weighted by Crippen LogP contribution is -2.39. The van der Waals surface area contributed by atoms with Gasteiger partial charge in [0.15, 0.2) is 6.10 Å². The number of anilines is 1. The van der Waals surface area contributed by atoms with E-state index in [2.05, 4.69) is 0 Å². The number of rotatable bonds is 4. The topological polar surface area (TPSA) is 72.7 Å². The number of ether oxygens (including phenoxy) is 1. The van der Waals surface area contributed by atoms with Gasteiger partial charge in [-0.1, -0.05) is 18.2 Å². The van der Waals surface area contributed by atoms with Crippen molar-refractivity contribution in [3.63, 3.8) is 0 Å². The molecule has 2 aromatic rings. The van der Waals surface area contributed by atoms with Gasteiger partial charge < -0.3 is 9.64 Å². The van der Waals surface area contributed by atoms with Crippen LogP contribution in [0, 0.1) is 10.1 Å². The van der Waals surface area contributed by atoms with Gasteiger partial charge in [-0.3, -0.25) is 14.9 Å². The third-order valence-corrected chi connectivity index (χ3v) is 3.86. The largest absolute Gasteiger partial charge is 0.481 e. The Kier molecular flexibility index (Phi) is 3.97. The number of amides is 1. The van der Waals surface area contributed by atoms with Crippen molar-refractivity contribution < 1.29 is 14.5 Å². The van der Waals surface area contributed by atoms with Gasteiger partial charge >= 0.3 is 0 Å². The monoisotopic (exact) mass is 312 g/mol. The summed E-state index contributed by atoms with van der Waals surface area (Å²) in [5.41, 5.74) is 2.07. The van der Waals surface area contributed by atoms with E-state index in [0.29, 0.717) is 12.3 Å². The van der Waals surface area contributed by atoms with E-state index in [1.807, 2.05) is 24.3 Å². The fraction of sp³-hybridized carbons (Fsp3) is 0.235. The highest BCUT2D eigenvalue weighted by molar-refractivity contribution is 5.98. The van der Waals surface area contributed by atoms with Gasteiger partial charge in [-0.05, 0) is 37.1 Å². The molecule has 6 heteroatoms. The van der Waals surface area contributed by atoms with Crippen molar-refractivity contribution in [1.29, 1.82) is 0 Å². The van der Waals surface area contributed by atoms with Gasteiger partial charge in [0.1, 0.15) is 5.75 Å². The van der Waals surface area contributed by atoms with E-state index in [4.69, 9.17) is 4.74 Å². The maximum atomic E-state index is 12.6. The summed E-state index contributed by atoms with van der Waals surface area (Å²) in [7, 11) is 0. The molecule has 23 heavy (non-hydrogen) atoms. The molecule has 1 heterocycles. The fourth-order valence-corrected chi connectivity index (χ4v) is 2.69. The van der Waals surface area contributed by atoms with Crippen LogP contribution < -0.4 is 9.64 Å². The van der Waals surface area contributed by atoms with Crippen molar-refractivity contribution in [3.05, 3.63) is 64.2 Å². The number of nitro benzene ring substituents is 1. The van der Waals surface area contributed by atoms with Gasteiger partial charge in [0.25, 0.3) is 11.6 Å². The third-order valence-electron chi connectivity index (χ3n) is 3.86. The third kappa shape index (κ3) is 3.01. The number of fused-ring (bicyclic) bond motifs is 1. The summed E-state index contributed by atoms with van der Waals surface area (Å²) in [4.78, 5) is 24.5. The second-order valence-corrected chi connectivity index (χ2v) is 5.38. The van der Waals surface area contributed by atoms with Crippen LogP contribution in [0.3, 0.4) is 0 Å². The van der Waals surface area contributed by atoms with Crippen molar-refractivity contribution >= 4 is 17.3 Å². The van der Waals surface area contributed by atoms with Crippen molar-refractivity contribution in [2.24, 2.45) is 0 Å². The minimum Gasteiger partial charge on any atom is -0.481 e. The number of hydrogen-bond acceptors (Lipinski definition) is 4. The molecule has 0 N–H and O–H groups in total. The summed E-state index contributed by atoms with van der Waals surface area (Å²) in [6.07, 6.45) is 0.175. The van der Waals surface area contributed by atoms with Crippen LogP contribution >= 0.6 is 0 Å². The van der Waals surface area contributed by atoms with Gasteiger partial charge in [0.2, 0.25) is 0 Å². The Morgan fingerprint density at radius 2 is 1.91 bits per heavy atom. The van der Waals surface area contributed by atoms with Crippen molar-refractivity contribution in [2.75, 3.05) is 11.4 Å². The first kappa shape index (κ1) is 15.0. The molecule has 0 aromatic heterocycles. The molecule has 0 radical (unpaired) electrons. The summed E-state index contributed by atoms with van der Waals surface area (Å²) >= 11 is 0. The molecule has 0 fully saturated rings. The maximum Gasteiger partial charge on any atom is 0.269 e. The van der Waals surface area contributed by atoms with Gasteiger partial charge in [-0.25, -0.2) is 0 Å². The van der Waals surface area contributed by atoms with E-state index in [1.165, 1.54) is 24.3 Å². The molecule has 0 saturated heterocycles. The normalized spacial score (nSPS) is 14.2. The Balaban J connectivity index is 1.70. The van der Waals surface area contributed by atoms with Gasteiger partial charge in [-0.15, -0.1) is 0 Å². The molecule has 3 rings (SSSR count). The van der Waals surface area contributed by atoms with Crippen molar-refractivity contribution in [1.82, 2.24) is 0 Å². The Hall–Kier alpha value is -2.89. The summed E-state index contributed by atoms with van der Waals surface area (Å²) < 4.78 is 5.62. The number of benzene rings is 2. The van der Waals surface area contributed by atoms with E-state index in [-0.39, 0.29) is 11.6 Å². The van der Waals surface area contributed by atoms with Crippen LogP contribution in [-0.4, -0.2) is 23.5 Å². The average Bonchev–Trinajstić information content (AvgIpc) is 2.98. The zero-order valence-corrected chi connectivity index (χ0v) is 12.6. The summed E-state index contributed by atoms with van der Waals surface area (Å²) in [6.45, 7) is 2.33. The van der Waals surface area contributed by atoms with Gasteiger partial charge in [0.05, 0.1) is 4.92 Å². The molecule has 1 amide bonds. The van der Waals surface area contributed by atoms with Crippen molar-refractivity contribution in [2.45, 2.75) is 19.4 Å². The lowest BCUT2D eigenvalue weighted by Gasteiger charge is -2.22. The fourth-order valence-electron chi connectivity index (χ4n) is 2.69. The number of non-ortho nitro benzene ring substituents is 1. The van der Waals surface area contributed by atoms with E-state index in [0.717, 1.165) is 17.7 Å². The summed E-state index contributed by atoms with van der Waals surface area (Å²) in [6, 6.07) is 13.5. The number of carbonyl (C=O) groups is 1. The quantitative estimate of drug-likeness (QED) is 0.642. The molecule has 1 atom stereocenters. The highest BCUT2D eigenvalue weighted by Gasteiger charge is 2.28. The molecular weight excluding hydrogens is 296 g/mol. The van der Waals surface area contributed by atoms with Crippen LogP contribution in [0.25, 0.3) is 0 Å². The minimum atomic E-state index is -0.664. The number of para-hydroxylation sites is 1. The highest BCUT2D eigenvalue weighted by atomic mass is 16.6. The molecule has 1 aliphatic rings. The van der Waals surface area contributed by atoms with Crippen LogP contribution in [-0.2, 0) is 11.2 Å². The standard InChI is InChI=1S/C17H16N2O4/c1-12(23-15-8-6-14(7-9-15)19(21)22)17(20)18-11-10-13-4-2-3-5-16(13)18/h2-9,12H,10-11H2,1H3. The second-order valence-electron chi connectivity index (χ2n) is 5.38. The van der Waals surface area contributed by atoms with Gasteiger partial charge in [0, 0.05) is 24.4 Å². The number of nitrogens with zero attached hydrogens (tertiary/aromatic N) is 2. The molecule has 6 nitrogen and oxygen atoms in total. The maximum absolute atomic E-state index is 12.6. The number of nitro groups is 1. The van der Waals surface area contributed by atoms with Crippen LogP contribution in [0.4, 0.5) is 11.4 Å². The van der Waals surface area contributed by atoms with E-state index in [9.17, 15) is 14.9 Å². The smallest absolute Gasteiger partial charge is 0.269 e. The molecule has 0 aliphatic carbocycles. The van der Waals surface area contributed by atoms with Crippen LogP contribution in [0.15, 0.2) is 48.5 Å². The molecule has 0 bridgehead atoms. The average molecular weight is 312 g/mol. The lowest BCUT2D eigenvalue weighted by molar-refractivity contribution is -0.384. The second kappa shape index (κ2) is 6.08. The Bertz CT molecular complexity index is 743. The molecular formula is C17H16N2O4. The molecule has 2 aromatic carbocycles. The van der Waals surface area contributed by atoms with E-state index >= 15 is 0 Å². The number of hydrogen-bond donors (Lipinski definition) is 0. The number of carbonyl (C=O) groups excluding carboxylic acids is 1. The first-order valence-corrected chi connectivity index (χ1v) is 7.36. The molecule has 0 saturated carbocycles. The predicted octanol–water partition coefficient (Wildman–Crippen LogP) is 2.95. The molecule has 118 valence electrons. The molecule has 0 spiro atoms. The Labute approximate surface area is 133 Å². The predicted molar refractivity (Wildman–Crippen MR) is 85.7 cm³/mol. The lowest BCUT2D eigenvalue weighted by atomic mass is 10.2. The van der Waals surface area contributed by atoms with Crippen LogP contribution in [0.1, 0.15) is 12.5 Å². The van der Waals surface area contributed by atoms with Gasteiger partial charge in [-0.2, -0.15) is 0 Å². The minimum absolute atomic E-state index is 0.00944. The van der Waals surface area contributed by atoms with Crippen molar-refractivity contribution in [3.8, 4) is 5.75 Å². The first-order valence-electron chi connectivity index (χ1n) is 7.36. The van der Waals surface area contributed by atoms with E-state index in [1.54, 1.807) is 11.8 Å². The summed E-state index contributed by atoms with van der Waals surface area (Å²) in [5.74, 6) is 0.317. The Morgan fingerprint density at radius 1 is 1.22 bits per heavy atom. The van der Waals surface area contributed by atoms with Crippen LogP contribution in [0.5, 0.6) is 5.75 Å². The zero-order chi connectivity index (χ0) is 16.4. The highest BCUT2D eigenvalue weighted by Crippen LogP contribution is 2.28. The van der Waals surface area contributed by atoms with E-state index < -0.39 is 11.0 Å². The summed E-state index contributed by atoms with van der Waals surface area (Å²) in [5, 5.41) is 10.6. The first-order chi connectivity index (χ1) is 11.1. The Morgan fingerprint density at radius 3 is 2.61 bits per heavy atom. The zero-order valence-electron chi connectivity index (χ0n) is 12.6. The molecule has 1 aliphatic heterocycles. The van der Waals surface area contributed by atoms with Crippen LogP contribution in [0.2, 0.25) is 0 Å². The SMILES string of the molecule is CC(Oc1ccc([N+](=O)[O-])cc1)C(=O)N1CCc2ccccc21. The molecule has 1 unspecified atom stereocenters.